The van der Waals surface area contributed by atoms with Crippen molar-refractivity contribution in [2.45, 2.75) is 18.9 Å². The van der Waals surface area contributed by atoms with Gasteiger partial charge in [0.1, 0.15) is 11.5 Å². The van der Waals surface area contributed by atoms with E-state index in [-0.39, 0.29) is 23.1 Å². The molecule has 2 aromatic heterocycles. The number of rotatable bonds is 3. The monoisotopic (exact) mass is 383 g/mol. The Bertz CT molecular complexity index is 1020. The number of carbonyl (C=O) groups is 1. The summed E-state index contributed by atoms with van der Waals surface area (Å²) < 4.78 is 15.4. The zero-order valence-electron chi connectivity index (χ0n) is 14.5. The summed E-state index contributed by atoms with van der Waals surface area (Å²) in [5, 5.41) is 6.49. The van der Waals surface area contributed by atoms with E-state index in [0.29, 0.717) is 13.1 Å². The van der Waals surface area contributed by atoms with Crippen molar-refractivity contribution in [2.75, 3.05) is 13.1 Å². The number of piperidine rings is 1. The number of hydrogen-bond acceptors (Lipinski definition) is 4. The van der Waals surface area contributed by atoms with Gasteiger partial charge in [0.05, 0.1) is 16.5 Å². The molecule has 1 aliphatic rings. The van der Waals surface area contributed by atoms with Crippen LogP contribution in [0.4, 0.5) is 4.39 Å². The summed E-state index contributed by atoms with van der Waals surface area (Å²) in [4.78, 5) is 27.7. The Morgan fingerprint density at radius 2 is 2.00 bits per heavy atom. The van der Waals surface area contributed by atoms with Crippen LogP contribution >= 0.6 is 11.3 Å². The normalized spacial score (nSPS) is 17.1. The Labute approximate surface area is 159 Å². The van der Waals surface area contributed by atoms with E-state index in [1.54, 1.807) is 34.4 Å². The van der Waals surface area contributed by atoms with Crippen molar-refractivity contribution >= 4 is 17.2 Å². The number of aromatic nitrogens is 2. The van der Waals surface area contributed by atoms with E-state index in [0.717, 1.165) is 23.4 Å². The Balaban J connectivity index is 1.60. The van der Waals surface area contributed by atoms with Gasteiger partial charge in [-0.3, -0.25) is 9.59 Å². The molecule has 1 aliphatic heterocycles. The van der Waals surface area contributed by atoms with E-state index in [9.17, 15) is 14.0 Å². The van der Waals surface area contributed by atoms with Gasteiger partial charge in [-0.2, -0.15) is 5.10 Å². The molecule has 7 heteroatoms. The molecule has 1 amide bonds. The molecule has 1 atom stereocenters. The molecule has 0 N–H and O–H groups in total. The topological polar surface area (TPSA) is 55.2 Å². The molecule has 0 unspecified atom stereocenters. The quantitative estimate of drug-likeness (QED) is 0.695. The number of amides is 1. The maximum atomic E-state index is 14.0. The van der Waals surface area contributed by atoms with Gasteiger partial charge in [0, 0.05) is 19.2 Å². The Morgan fingerprint density at radius 3 is 2.78 bits per heavy atom. The summed E-state index contributed by atoms with van der Waals surface area (Å²) in [6.45, 7) is 0.886. The fourth-order valence-electron chi connectivity index (χ4n) is 3.39. The average Bonchev–Trinajstić information content (AvgIpc) is 3.23. The third-order valence-electron chi connectivity index (χ3n) is 4.73. The maximum Gasteiger partial charge on any atom is 0.267 e. The number of halogens is 1. The van der Waals surface area contributed by atoms with E-state index < -0.39 is 5.82 Å². The van der Waals surface area contributed by atoms with Crippen molar-refractivity contribution < 1.29 is 9.18 Å². The molecule has 1 saturated heterocycles. The van der Waals surface area contributed by atoms with Gasteiger partial charge in [0.15, 0.2) is 0 Å². The second-order valence-electron chi connectivity index (χ2n) is 6.51. The molecule has 0 saturated carbocycles. The first-order valence-corrected chi connectivity index (χ1v) is 9.69. The van der Waals surface area contributed by atoms with Crippen molar-refractivity contribution in [3.05, 3.63) is 75.6 Å². The summed E-state index contributed by atoms with van der Waals surface area (Å²) in [6, 6.07) is 12.9. The second kappa shape index (κ2) is 7.44. The smallest absolute Gasteiger partial charge is 0.267 e. The minimum atomic E-state index is -0.528. The molecular formula is C20H18FN3O2S. The lowest BCUT2D eigenvalue weighted by atomic mass is 10.0. The second-order valence-corrected chi connectivity index (χ2v) is 7.45. The summed E-state index contributed by atoms with van der Waals surface area (Å²) in [7, 11) is 0. The summed E-state index contributed by atoms with van der Waals surface area (Å²) in [6.07, 6.45) is 1.49. The highest BCUT2D eigenvalue weighted by Gasteiger charge is 2.28. The van der Waals surface area contributed by atoms with Crippen LogP contribution in [0, 0.1) is 5.82 Å². The van der Waals surface area contributed by atoms with Crippen LogP contribution in [0.2, 0.25) is 0 Å². The van der Waals surface area contributed by atoms with Crippen LogP contribution in [0.5, 0.6) is 0 Å². The zero-order chi connectivity index (χ0) is 18.8. The van der Waals surface area contributed by atoms with E-state index in [4.69, 9.17) is 0 Å². The van der Waals surface area contributed by atoms with Crippen LogP contribution < -0.4 is 5.56 Å². The number of benzene rings is 1. The zero-order valence-corrected chi connectivity index (χ0v) is 15.4. The van der Waals surface area contributed by atoms with Crippen molar-refractivity contribution in [3.63, 3.8) is 0 Å². The standard InChI is InChI=1S/C20H18FN3O2S/c21-16-7-2-1-6-15(16)20(26)23-11-3-5-14(13-23)24-19(25)10-9-17(22-24)18-8-4-12-27-18/h1-2,4,6-10,12,14H,3,5,11,13H2/t14-/m0/s1. The molecule has 27 heavy (non-hydrogen) atoms. The Hall–Kier alpha value is -2.80. The number of carbonyl (C=O) groups excluding carboxylic acids is 1. The van der Waals surface area contributed by atoms with E-state index in [1.165, 1.54) is 22.9 Å². The lowest BCUT2D eigenvalue weighted by Crippen LogP contribution is -2.43. The molecule has 1 fully saturated rings. The molecule has 138 valence electrons. The molecule has 1 aromatic carbocycles. The predicted octanol–water partition coefficient (Wildman–Crippen LogP) is 3.59. The third-order valence-corrected chi connectivity index (χ3v) is 5.62. The molecule has 4 rings (SSSR count). The van der Waals surface area contributed by atoms with Gasteiger partial charge in [0.2, 0.25) is 0 Å². The first-order valence-electron chi connectivity index (χ1n) is 8.81. The van der Waals surface area contributed by atoms with E-state index in [2.05, 4.69) is 5.10 Å². The maximum absolute atomic E-state index is 14.0. The van der Waals surface area contributed by atoms with Crippen LogP contribution in [-0.2, 0) is 0 Å². The van der Waals surface area contributed by atoms with Gasteiger partial charge in [0.25, 0.3) is 11.5 Å². The van der Waals surface area contributed by atoms with Crippen LogP contribution in [0.15, 0.2) is 58.7 Å². The molecule has 3 heterocycles. The van der Waals surface area contributed by atoms with E-state index >= 15 is 0 Å². The van der Waals surface area contributed by atoms with Crippen molar-refractivity contribution in [1.29, 1.82) is 0 Å². The van der Waals surface area contributed by atoms with E-state index in [1.807, 2.05) is 17.5 Å². The number of likely N-dealkylation sites (tertiary alicyclic amines) is 1. The molecule has 0 aliphatic carbocycles. The first kappa shape index (κ1) is 17.6. The van der Waals surface area contributed by atoms with Crippen molar-refractivity contribution in [3.8, 4) is 10.6 Å². The molecule has 5 nitrogen and oxygen atoms in total. The molecule has 0 bridgehead atoms. The van der Waals surface area contributed by atoms with Gasteiger partial charge in [-0.15, -0.1) is 11.3 Å². The molecule has 0 spiro atoms. The minimum absolute atomic E-state index is 0.0609. The number of nitrogens with zero attached hydrogens (tertiary/aromatic N) is 3. The highest BCUT2D eigenvalue weighted by molar-refractivity contribution is 7.13. The highest BCUT2D eigenvalue weighted by Crippen LogP contribution is 2.25. The predicted molar refractivity (Wildman–Crippen MR) is 102 cm³/mol. The van der Waals surface area contributed by atoms with Gasteiger partial charge in [-0.1, -0.05) is 18.2 Å². The van der Waals surface area contributed by atoms with Crippen LogP contribution in [0.1, 0.15) is 29.2 Å². The summed E-state index contributed by atoms with van der Waals surface area (Å²) >= 11 is 1.56. The van der Waals surface area contributed by atoms with Gasteiger partial charge in [-0.05, 0) is 42.5 Å². The SMILES string of the molecule is O=C(c1ccccc1F)N1CCC[C@H](n2nc(-c3cccs3)ccc2=O)C1. The average molecular weight is 383 g/mol. The largest absolute Gasteiger partial charge is 0.336 e. The first-order chi connectivity index (χ1) is 13.1. The van der Waals surface area contributed by atoms with Crippen molar-refractivity contribution in [1.82, 2.24) is 14.7 Å². The fraction of sp³-hybridized carbons (Fsp3) is 0.250. The minimum Gasteiger partial charge on any atom is -0.336 e. The summed E-state index contributed by atoms with van der Waals surface area (Å²) in [5.41, 5.74) is 0.605. The molecular weight excluding hydrogens is 365 g/mol. The highest BCUT2D eigenvalue weighted by atomic mass is 32.1. The van der Waals surface area contributed by atoms with Gasteiger partial charge < -0.3 is 4.90 Å². The fourth-order valence-corrected chi connectivity index (χ4v) is 4.08. The molecule has 3 aromatic rings. The lowest BCUT2D eigenvalue weighted by Gasteiger charge is -2.33. The van der Waals surface area contributed by atoms with Crippen LogP contribution in [0.3, 0.4) is 0 Å². The van der Waals surface area contributed by atoms with Crippen LogP contribution in [0.25, 0.3) is 10.6 Å². The van der Waals surface area contributed by atoms with Gasteiger partial charge >= 0.3 is 0 Å². The Kier molecular flexibility index (Phi) is 4.85. The van der Waals surface area contributed by atoms with Crippen LogP contribution in [-0.4, -0.2) is 33.7 Å². The summed E-state index contributed by atoms with van der Waals surface area (Å²) in [5.74, 6) is -0.875. The van der Waals surface area contributed by atoms with Gasteiger partial charge in [-0.25, -0.2) is 9.07 Å². The van der Waals surface area contributed by atoms with Crippen molar-refractivity contribution in [2.24, 2.45) is 0 Å². The molecule has 0 radical (unpaired) electrons. The third kappa shape index (κ3) is 3.55. The lowest BCUT2D eigenvalue weighted by molar-refractivity contribution is 0.0665. The number of hydrogen-bond donors (Lipinski definition) is 0. The Morgan fingerprint density at radius 1 is 1.15 bits per heavy atom. The number of thiophene rings is 1.